The van der Waals surface area contributed by atoms with Gasteiger partial charge < -0.3 is 10.3 Å². The van der Waals surface area contributed by atoms with Crippen molar-refractivity contribution in [3.05, 3.63) is 64.4 Å². The van der Waals surface area contributed by atoms with Gasteiger partial charge in [-0.1, -0.05) is 18.2 Å². The number of hydrogen-bond acceptors (Lipinski definition) is 2. The second-order valence-electron chi connectivity index (χ2n) is 5.17. The van der Waals surface area contributed by atoms with E-state index in [0.29, 0.717) is 0 Å². The van der Waals surface area contributed by atoms with Gasteiger partial charge in [0, 0.05) is 23.8 Å². The number of benzene rings is 2. The number of fused-ring (bicyclic) bond motifs is 2. The van der Waals surface area contributed by atoms with Crippen molar-refractivity contribution >= 4 is 16.6 Å². The van der Waals surface area contributed by atoms with Gasteiger partial charge >= 0.3 is 0 Å². The maximum atomic E-state index is 11.4. The highest BCUT2D eigenvalue weighted by Crippen LogP contribution is 2.29. The molecule has 3 nitrogen and oxygen atoms in total. The fraction of sp³-hybridized carbons (Fsp3) is 0.118. The molecule has 20 heavy (non-hydrogen) atoms. The van der Waals surface area contributed by atoms with Crippen molar-refractivity contribution < 1.29 is 0 Å². The van der Waals surface area contributed by atoms with Crippen molar-refractivity contribution in [2.24, 2.45) is 0 Å². The first-order valence-electron chi connectivity index (χ1n) is 6.80. The van der Waals surface area contributed by atoms with E-state index in [4.69, 9.17) is 0 Å². The third-order valence-electron chi connectivity index (χ3n) is 3.87. The molecule has 0 unspecified atom stereocenters. The first-order valence-corrected chi connectivity index (χ1v) is 6.80. The molecule has 1 aromatic heterocycles. The molecule has 0 aliphatic carbocycles. The molecule has 98 valence electrons. The van der Waals surface area contributed by atoms with E-state index in [1.807, 2.05) is 18.2 Å². The Morgan fingerprint density at radius 1 is 0.900 bits per heavy atom. The van der Waals surface area contributed by atoms with Gasteiger partial charge in [-0.2, -0.15) is 0 Å². The van der Waals surface area contributed by atoms with Crippen molar-refractivity contribution in [2.45, 2.75) is 6.42 Å². The molecule has 0 spiro atoms. The van der Waals surface area contributed by atoms with Crippen LogP contribution < -0.4 is 10.9 Å². The van der Waals surface area contributed by atoms with Crippen LogP contribution in [0.1, 0.15) is 5.56 Å². The highest BCUT2D eigenvalue weighted by atomic mass is 16.1. The van der Waals surface area contributed by atoms with Gasteiger partial charge in [-0.3, -0.25) is 4.79 Å². The Morgan fingerprint density at radius 2 is 1.70 bits per heavy atom. The molecule has 3 heteroatoms. The lowest BCUT2D eigenvalue weighted by molar-refractivity contribution is 1.11. The van der Waals surface area contributed by atoms with Crippen LogP contribution >= 0.6 is 0 Å². The number of aromatic amines is 1. The van der Waals surface area contributed by atoms with Gasteiger partial charge in [0.05, 0.1) is 0 Å². The van der Waals surface area contributed by atoms with Crippen LogP contribution in [0.5, 0.6) is 0 Å². The number of rotatable bonds is 1. The average Bonchev–Trinajstić information content (AvgIpc) is 2.93. The van der Waals surface area contributed by atoms with Gasteiger partial charge in [0.25, 0.3) is 0 Å². The van der Waals surface area contributed by atoms with Crippen molar-refractivity contribution in [3.8, 4) is 11.1 Å². The predicted octanol–water partition coefficient (Wildman–Crippen LogP) is 3.16. The first kappa shape index (κ1) is 11.3. The minimum atomic E-state index is -0.0622. The number of aromatic nitrogens is 1. The van der Waals surface area contributed by atoms with Crippen LogP contribution in [-0.4, -0.2) is 11.5 Å². The number of hydrogen-bond donors (Lipinski definition) is 2. The summed E-state index contributed by atoms with van der Waals surface area (Å²) >= 11 is 0. The van der Waals surface area contributed by atoms with E-state index in [-0.39, 0.29) is 5.56 Å². The molecule has 2 heterocycles. The first-order chi connectivity index (χ1) is 9.79. The Kier molecular flexibility index (Phi) is 2.39. The van der Waals surface area contributed by atoms with Crippen LogP contribution in [0.2, 0.25) is 0 Å². The van der Waals surface area contributed by atoms with Crippen LogP contribution in [-0.2, 0) is 6.42 Å². The monoisotopic (exact) mass is 262 g/mol. The summed E-state index contributed by atoms with van der Waals surface area (Å²) in [5, 5.41) is 4.42. The van der Waals surface area contributed by atoms with Gasteiger partial charge in [0.1, 0.15) is 0 Å². The lowest BCUT2D eigenvalue weighted by Gasteiger charge is -2.06. The third kappa shape index (κ3) is 1.79. The Hall–Kier alpha value is -2.55. The van der Waals surface area contributed by atoms with Gasteiger partial charge in [-0.05, 0) is 52.8 Å². The summed E-state index contributed by atoms with van der Waals surface area (Å²) in [6.07, 6.45) is 1.08. The quantitative estimate of drug-likeness (QED) is 0.707. The Balaban J connectivity index is 1.87. The summed E-state index contributed by atoms with van der Waals surface area (Å²) in [7, 11) is 0. The molecule has 0 fully saturated rings. The minimum Gasteiger partial charge on any atom is -0.384 e. The standard InChI is InChI=1S/C17H14N2O/c20-17-6-4-11-1-2-13(10-16(11)19-17)12-3-5-15-14(9-12)7-8-18-15/h1-6,9-10,18H,7-8H2,(H,19,20). The molecular weight excluding hydrogens is 248 g/mol. The van der Waals surface area contributed by atoms with Crippen molar-refractivity contribution in [3.63, 3.8) is 0 Å². The molecule has 0 radical (unpaired) electrons. The number of pyridine rings is 1. The topological polar surface area (TPSA) is 44.9 Å². The van der Waals surface area contributed by atoms with E-state index in [9.17, 15) is 4.79 Å². The fourth-order valence-corrected chi connectivity index (χ4v) is 2.81. The molecule has 0 saturated heterocycles. The maximum absolute atomic E-state index is 11.4. The molecule has 1 aliphatic heterocycles. The SMILES string of the molecule is O=c1ccc2ccc(-c3ccc4c(c3)CCN4)cc2[nH]1. The van der Waals surface area contributed by atoms with Crippen molar-refractivity contribution in [2.75, 3.05) is 11.9 Å². The molecular formula is C17H14N2O. The lowest BCUT2D eigenvalue weighted by Crippen LogP contribution is -2.02. The van der Waals surface area contributed by atoms with E-state index >= 15 is 0 Å². The summed E-state index contributed by atoms with van der Waals surface area (Å²) in [5.74, 6) is 0. The maximum Gasteiger partial charge on any atom is 0.248 e. The minimum absolute atomic E-state index is 0.0622. The second-order valence-corrected chi connectivity index (χ2v) is 5.17. The normalized spacial score (nSPS) is 13.2. The molecule has 3 aromatic rings. The Morgan fingerprint density at radius 3 is 2.65 bits per heavy atom. The van der Waals surface area contributed by atoms with E-state index in [1.54, 1.807) is 6.07 Å². The Bertz CT molecular complexity index is 864. The second kappa shape index (κ2) is 4.23. The zero-order valence-electron chi connectivity index (χ0n) is 10.9. The molecule has 2 N–H and O–H groups in total. The third-order valence-corrected chi connectivity index (χ3v) is 3.87. The molecule has 0 bridgehead atoms. The number of anilines is 1. The van der Waals surface area contributed by atoms with Gasteiger partial charge in [0.15, 0.2) is 0 Å². The zero-order valence-corrected chi connectivity index (χ0v) is 10.9. The zero-order chi connectivity index (χ0) is 13.5. The highest BCUT2D eigenvalue weighted by molar-refractivity contribution is 5.84. The van der Waals surface area contributed by atoms with Crippen LogP contribution in [0, 0.1) is 0 Å². The molecule has 2 aromatic carbocycles. The highest BCUT2D eigenvalue weighted by Gasteiger charge is 2.10. The van der Waals surface area contributed by atoms with Gasteiger partial charge in [-0.15, -0.1) is 0 Å². The largest absolute Gasteiger partial charge is 0.384 e. The van der Waals surface area contributed by atoms with E-state index in [2.05, 4.69) is 34.6 Å². The molecule has 0 amide bonds. The van der Waals surface area contributed by atoms with Crippen molar-refractivity contribution in [1.82, 2.24) is 4.98 Å². The van der Waals surface area contributed by atoms with Crippen LogP contribution in [0.4, 0.5) is 5.69 Å². The summed E-state index contributed by atoms with van der Waals surface area (Å²) in [5.41, 5.74) is 5.75. The summed E-state index contributed by atoms with van der Waals surface area (Å²) in [6, 6.07) is 16.1. The van der Waals surface area contributed by atoms with Crippen molar-refractivity contribution in [1.29, 1.82) is 0 Å². The lowest BCUT2D eigenvalue weighted by atomic mass is 10.0. The molecule has 0 saturated carbocycles. The van der Waals surface area contributed by atoms with E-state index in [0.717, 1.165) is 29.4 Å². The summed E-state index contributed by atoms with van der Waals surface area (Å²) in [6.45, 7) is 1.02. The number of nitrogens with one attached hydrogen (secondary N) is 2. The molecule has 1 aliphatic rings. The van der Waals surface area contributed by atoms with E-state index < -0.39 is 0 Å². The average molecular weight is 262 g/mol. The number of H-pyrrole nitrogens is 1. The Labute approximate surface area is 116 Å². The molecule has 4 rings (SSSR count). The molecule has 0 atom stereocenters. The smallest absolute Gasteiger partial charge is 0.248 e. The summed E-state index contributed by atoms with van der Waals surface area (Å²) < 4.78 is 0. The predicted molar refractivity (Wildman–Crippen MR) is 82.2 cm³/mol. The van der Waals surface area contributed by atoms with Gasteiger partial charge in [-0.25, -0.2) is 0 Å². The van der Waals surface area contributed by atoms with Crippen LogP contribution in [0.15, 0.2) is 53.3 Å². The van der Waals surface area contributed by atoms with E-state index in [1.165, 1.54) is 16.8 Å². The van der Waals surface area contributed by atoms with Crippen LogP contribution in [0.3, 0.4) is 0 Å². The van der Waals surface area contributed by atoms with Crippen LogP contribution in [0.25, 0.3) is 22.0 Å². The fourth-order valence-electron chi connectivity index (χ4n) is 2.81. The summed E-state index contributed by atoms with van der Waals surface area (Å²) in [4.78, 5) is 14.3. The van der Waals surface area contributed by atoms with Gasteiger partial charge in [0.2, 0.25) is 5.56 Å².